The largest absolute Gasteiger partial charge is 0.449 e. The van der Waals surface area contributed by atoms with Crippen LogP contribution in [-0.2, 0) is 9.53 Å². The molecule has 1 aromatic heterocycles. The van der Waals surface area contributed by atoms with Crippen molar-refractivity contribution < 1.29 is 14.3 Å². The number of hydrogen-bond donors (Lipinski definition) is 1. The van der Waals surface area contributed by atoms with Gasteiger partial charge in [0.15, 0.2) is 6.10 Å². The number of thiazole rings is 1. The van der Waals surface area contributed by atoms with E-state index >= 15 is 0 Å². The maximum Gasteiger partial charge on any atom is 0.338 e. The predicted molar refractivity (Wildman–Crippen MR) is 94.3 cm³/mol. The lowest BCUT2D eigenvalue weighted by molar-refractivity contribution is -0.123. The molecular weight excluding hydrogens is 338 g/mol. The van der Waals surface area contributed by atoms with E-state index in [-0.39, 0.29) is 0 Å². The standard InChI is InChI=1S/C18H13N3O3S/c1-11(17(22)21-14-4-2-3-12(7-14)9-19)24-18(23)13-5-6-15-16(8-13)25-10-20-15/h2-8,10-11H,1H3,(H,21,22). The quantitative estimate of drug-likeness (QED) is 0.728. The molecule has 6 nitrogen and oxygen atoms in total. The summed E-state index contributed by atoms with van der Waals surface area (Å²) in [5.74, 6) is -1.05. The van der Waals surface area contributed by atoms with Crippen LogP contribution in [0.1, 0.15) is 22.8 Å². The molecule has 1 unspecified atom stereocenters. The molecule has 0 spiro atoms. The number of esters is 1. The van der Waals surface area contributed by atoms with Gasteiger partial charge in [-0.25, -0.2) is 9.78 Å². The lowest BCUT2D eigenvalue weighted by Gasteiger charge is -2.13. The van der Waals surface area contributed by atoms with E-state index in [0.29, 0.717) is 16.8 Å². The van der Waals surface area contributed by atoms with Crippen molar-refractivity contribution >= 4 is 39.1 Å². The molecule has 0 saturated heterocycles. The highest BCUT2D eigenvalue weighted by Crippen LogP contribution is 2.20. The molecule has 1 atom stereocenters. The topological polar surface area (TPSA) is 92.1 Å². The Morgan fingerprint density at radius 2 is 2.12 bits per heavy atom. The van der Waals surface area contributed by atoms with E-state index in [0.717, 1.165) is 10.2 Å². The maximum atomic E-state index is 12.2. The molecule has 124 valence electrons. The van der Waals surface area contributed by atoms with Gasteiger partial charge in [0.25, 0.3) is 5.91 Å². The average Bonchev–Trinajstić information content (AvgIpc) is 3.09. The Hall–Kier alpha value is -3.24. The van der Waals surface area contributed by atoms with E-state index in [1.54, 1.807) is 48.0 Å². The number of carbonyl (C=O) groups is 2. The number of hydrogen-bond acceptors (Lipinski definition) is 6. The number of carbonyl (C=O) groups excluding carboxylic acids is 2. The van der Waals surface area contributed by atoms with Crippen LogP contribution < -0.4 is 5.32 Å². The Balaban J connectivity index is 1.65. The Morgan fingerprint density at radius 3 is 2.92 bits per heavy atom. The van der Waals surface area contributed by atoms with Crippen LogP contribution in [0.2, 0.25) is 0 Å². The molecule has 0 bridgehead atoms. The molecule has 0 aliphatic rings. The number of anilines is 1. The smallest absolute Gasteiger partial charge is 0.338 e. The van der Waals surface area contributed by atoms with Crippen molar-refractivity contribution in [1.29, 1.82) is 5.26 Å². The van der Waals surface area contributed by atoms with Gasteiger partial charge in [0, 0.05) is 5.69 Å². The van der Waals surface area contributed by atoms with Crippen molar-refractivity contribution in [3.63, 3.8) is 0 Å². The van der Waals surface area contributed by atoms with Crippen LogP contribution in [0.15, 0.2) is 48.0 Å². The zero-order valence-electron chi connectivity index (χ0n) is 13.2. The van der Waals surface area contributed by atoms with E-state index in [1.165, 1.54) is 18.3 Å². The average molecular weight is 351 g/mol. The molecule has 3 aromatic rings. The fourth-order valence-corrected chi connectivity index (χ4v) is 2.89. The minimum atomic E-state index is -0.976. The van der Waals surface area contributed by atoms with Gasteiger partial charge in [-0.2, -0.15) is 5.26 Å². The van der Waals surface area contributed by atoms with Crippen molar-refractivity contribution in [2.24, 2.45) is 0 Å². The Labute approximate surface area is 147 Å². The molecule has 0 saturated carbocycles. The molecule has 7 heteroatoms. The number of aromatic nitrogens is 1. The molecule has 1 amide bonds. The molecule has 25 heavy (non-hydrogen) atoms. The van der Waals surface area contributed by atoms with Gasteiger partial charge in [0.05, 0.1) is 32.9 Å². The third-order valence-corrected chi connectivity index (χ3v) is 4.27. The summed E-state index contributed by atoms with van der Waals surface area (Å²) in [4.78, 5) is 28.5. The highest BCUT2D eigenvalue weighted by molar-refractivity contribution is 7.16. The number of amides is 1. The molecule has 0 fully saturated rings. The van der Waals surface area contributed by atoms with Gasteiger partial charge >= 0.3 is 5.97 Å². The first-order valence-corrected chi connectivity index (χ1v) is 8.30. The lowest BCUT2D eigenvalue weighted by Crippen LogP contribution is -2.30. The Bertz CT molecular complexity index is 990. The van der Waals surface area contributed by atoms with Crippen LogP contribution in [0.4, 0.5) is 5.69 Å². The maximum absolute atomic E-state index is 12.2. The molecule has 2 aromatic carbocycles. The van der Waals surface area contributed by atoms with Crippen LogP contribution in [-0.4, -0.2) is 23.0 Å². The summed E-state index contributed by atoms with van der Waals surface area (Å²) in [5.41, 5.74) is 3.77. The molecule has 3 rings (SSSR count). The van der Waals surface area contributed by atoms with Crippen molar-refractivity contribution in [2.45, 2.75) is 13.0 Å². The van der Waals surface area contributed by atoms with Gasteiger partial charge in [-0.05, 0) is 43.3 Å². The Kier molecular flexibility index (Phi) is 4.73. The first kappa shape index (κ1) is 16.6. The van der Waals surface area contributed by atoms with E-state index < -0.39 is 18.0 Å². The zero-order chi connectivity index (χ0) is 17.8. The third-order valence-electron chi connectivity index (χ3n) is 3.48. The summed E-state index contributed by atoms with van der Waals surface area (Å²) in [6.45, 7) is 1.49. The summed E-state index contributed by atoms with van der Waals surface area (Å²) in [6, 6.07) is 13.5. The number of nitrogens with one attached hydrogen (secondary N) is 1. The second-order valence-electron chi connectivity index (χ2n) is 5.26. The van der Waals surface area contributed by atoms with Gasteiger partial charge in [-0.15, -0.1) is 11.3 Å². The van der Waals surface area contributed by atoms with Crippen LogP contribution in [0, 0.1) is 11.3 Å². The van der Waals surface area contributed by atoms with Crippen LogP contribution in [0.25, 0.3) is 10.2 Å². The van der Waals surface area contributed by atoms with Crippen molar-refractivity contribution in [2.75, 3.05) is 5.32 Å². The van der Waals surface area contributed by atoms with Gasteiger partial charge in [0.2, 0.25) is 0 Å². The fraction of sp³-hybridized carbons (Fsp3) is 0.111. The van der Waals surface area contributed by atoms with E-state index in [4.69, 9.17) is 10.00 Å². The van der Waals surface area contributed by atoms with Crippen molar-refractivity contribution in [3.8, 4) is 6.07 Å². The van der Waals surface area contributed by atoms with Crippen molar-refractivity contribution in [3.05, 3.63) is 59.1 Å². The van der Waals surface area contributed by atoms with Crippen LogP contribution >= 0.6 is 11.3 Å². The van der Waals surface area contributed by atoms with E-state index in [9.17, 15) is 9.59 Å². The minimum absolute atomic E-state index is 0.364. The zero-order valence-corrected chi connectivity index (χ0v) is 14.0. The van der Waals surface area contributed by atoms with E-state index in [2.05, 4.69) is 10.3 Å². The predicted octanol–water partition coefficient (Wildman–Crippen LogP) is 3.35. The Morgan fingerprint density at radius 1 is 1.28 bits per heavy atom. The first-order valence-electron chi connectivity index (χ1n) is 7.42. The highest BCUT2D eigenvalue weighted by Gasteiger charge is 2.19. The SMILES string of the molecule is CC(OC(=O)c1ccc2ncsc2c1)C(=O)Nc1cccc(C#N)c1. The minimum Gasteiger partial charge on any atom is -0.449 e. The summed E-state index contributed by atoms with van der Waals surface area (Å²) < 4.78 is 6.10. The summed E-state index contributed by atoms with van der Waals surface area (Å²) in [6.07, 6.45) is -0.976. The second-order valence-corrected chi connectivity index (χ2v) is 6.15. The lowest BCUT2D eigenvalue weighted by atomic mass is 10.2. The van der Waals surface area contributed by atoms with Crippen LogP contribution in [0.3, 0.4) is 0 Å². The molecule has 0 aliphatic carbocycles. The molecular formula is C18H13N3O3S. The first-order chi connectivity index (χ1) is 12.1. The van der Waals surface area contributed by atoms with E-state index in [1.807, 2.05) is 6.07 Å². The third kappa shape index (κ3) is 3.82. The van der Waals surface area contributed by atoms with Gasteiger partial charge in [-0.1, -0.05) is 6.07 Å². The number of rotatable bonds is 4. The molecule has 0 aliphatic heterocycles. The highest BCUT2D eigenvalue weighted by atomic mass is 32.1. The van der Waals surface area contributed by atoms with Gasteiger partial charge in [-0.3, -0.25) is 4.79 Å². The van der Waals surface area contributed by atoms with Crippen LogP contribution in [0.5, 0.6) is 0 Å². The molecule has 0 radical (unpaired) electrons. The molecule has 1 heterocycles. The number of benzene rings is 2. The normalized spacial score (nSPS) is 11.5. The summed E-state index contributed by atoms with van der Waals surface area (Å²) in [5, 5.41) is 11.5. The molecule has 1 N–H and O–H groups in total. The van der Waals surface area contributed by atoms with Crippen molar-refractivity contribution in [1.82, 2.24) is 4.98 Å². The monoisotopic (exact) mass is 351 g/mol. The van der Waals surface area contributed by atoms with Gasteiger partial charge < -0.3 is 10.1 Å². The number of nitrogens with zero attached hydrogens (tertiary/aromatic N) is 2. The summed E-state index contributed by atoms with van der Waals surface area (Å²) >= 11 is 1.42. The summed E-state index contributed by atoms with van der Waals surface area (Å²) in [7, 11) is 0. The fourth-order valence-electron chi connectivity index (χ4n) is 2.17. The number of nitriles is 1. The number of fused-ring (bicyclic) bond motifs is 1. The second kappa shape index (κ2) is 7.11. The number of ether oxygens (including phenoxy) is 1. The van der Waals surface area contributed by atoms with Gasteiger partial charge in [0.1, 0.15) is 0 Å².